The van der Waals surface area contributed by atoms with Gasteiger partial charge in [-0.3, -0.25) is 0 Å². The first-order valence-electron chi connectivity index (χ1n) is 4.51. The molecule has 76 valence electrons. The van der Waals surface area contributed by atoms with Crippen LogP contribution in [-0.4, -0.2) is 20.1 Å². The minimum atomic E-state index is -0.279. The number of esters is 1. The third-order valence-corrected chi connectivity index (χ3v) is 2.08. The minimum Gasteiger partial charge on any atom is -0.465 e. The average Bonchev–Trinajstić information content (AvgIpc) is 2.17. The van der Waals surface area contributed by atoms with Crippen LogP contribution in [0.15, 0.2) is 18.2 Å². The van der Waals surface area contributed by atoms with Gasteiger partial charge in [0.05, 0.1) is 12.7 Å². The van der Waals surface area contributed by atoms with E-state index in [1.54, 1.807) is 6.07 Å². The number of ether oxygens (including phenoxy) is 1. The smallest absolute Gasteiger partial charge is 0.338 e. The number of aryl methyl sites for hydroxylation is 1. The highest BCUT2D eigenvalue weighted by Crippen LogP contribution is 2.11. The van der Waals surface area contributed by atoms with Crippen LogP contribution in [0.1, 0.15) is 21.5 Å². The maximum Gasteiger partial charge on any atom is 0.338 e. The minimum absolute atomic E-state index is 0.279. The number of hydrogen-bond donors (Lipinski definition) is 1. The lowest BCUT2D eigenvalue weighted by Gasteiger charge is -2.06. The average molecular weight is 193 g/mol. The van der Waals surface area contributed by atoms with Crippen molar-refractivity contribution in [2.24, 2.45) is 0 Å². The van der Waals surface area contributed by atoms with Crippen LogP contribution in [0.5, 0.6) is 0 Å². The number of methoxy groups -OCH3 is 1. The van der Waals surface area contributed by atoms with Gasteiger partial charge in [0.1, 0.15) is 0 Å². The Bertz CT molecular complexity index is 334. The van der Waals surface area contributed by atoms with Crippen LogP contribution in [0.25, 0.3) is 0 Å². The van der Waals surface area contributed by atoms with Crippen LogP contribution in [0.4, 0.5) is 0 Å². The van der Waals surface area contributed by atoms with Gasteiger partial charge < -0.3 is 10.1 Å². The number of nitrogens with one attached hydrogen (secondary N) is 1. The lowest BCUT2D eigenvalue weighted by molar-refractivity contribution is 0.0600. The Kier molecular flexibility index (Phi) is 3.65. The highest BCUT2D eigenvalue weighted by atomic mass is 16.5. The van der Waals surface area contributed by atoms with Gasteiger partial charge in [-0.05, 0) is 31.2 Å². The first-order chi connectivity index (χ1) is 6.69. The maximum atomic E-state index is 11.3. The molecule has 0 saturated carbocycles. The van der Waals surface area contributed by atoms with Crippen molar-refractivity contribution in [3.05, 3.63) is 34.9 Å². The van der Waals surface area contributed by atoms with Crippen LogP contribution in [0.3, 0.4) is 0 Å². The molecule has 0 aliphatic heterocycles. The summed E-state index contributed by atoms with van der Waals surface area (Å²) in [4.78, 5) is 11.3. The molecule has 3 nitrogen and oxygen atoms in total. The Morgan fingerprint density at radius 3 is 2.71 bits per heavy atom. The van der Waals surface area contributed by atoms with Crippen molar-refractivity contribution in [3.63, 3.8) is 0 Å². The second-order valence-corrected chi connectivity index (χ2v) is 3.17. The summed E-state index contributed by atoms with van der Waals surface area (Å²) in [5, 5.41) is 3.06. The van der Waals surface area contributed by atoms with Crippen LogP contribution in [-0.2, 0) is 11.3 Å². The molecule has 1 aromatic rings. The van der Waals surface area contributed by atoms with E-state index in [-0.39, 0.29) is 5.97 Å². The molecule has 1 aromatic carbocycles. The molecule has 14 heavy (non-hydrogen) atoms. The van der Waals surface area contributed by atoms with Gasteiger partial charge in [-0.25, -0.2) is 4.79 Å². The molecule has 0 fully saturated rings. The van der Waals surface area contributed by atoms with Gasteiger partial charge in [0.25, 0.3) is 0 Å². The van der Waals surface area contributed by atoms with E-state index in [2.05, 4.69) is 10.1 Å². The fourth-order valence-electron chi connectivity index (χ4n) is 1.38. The lowest BCUT2D eigenvalue weighted by atomic mass is 10.1. The zero-order valence-corrected chi connectivity index (χ0v) is 8.76. The highest BCUT2D eigenvalue weighted by Gasteiger charge is 2.08. The summed E-state index contributed by atoms with van der Waals surface area (Å²) in [6.07, 6.45) is 0. The predicted molar refractivity (Wildman–Crippen MR) is 55.3 cm³/mol. The van der Waals surface area contributed by atoms with Crippen molar-refractivity contribution in [2.75, 3.05) is 14.2 Å². The van der Waals surface area contributed by atoms with Crippen LogP contribution < -0.4 is 5.32 Å². The summed E-state index contributed by atoms with van der Waals surface area (Å²) in [5.41, 5.74) is 2.75. The van der Waals surface area contributed by atoms with Crippen molar-refractivity contribution in [3.8, 4) is 0 Å². The fourth-order valence-corrected chi connectivity index (χ4v) is 1.38. The third kappa shape index (κ3) is 2.33. The molecule has 0 aliphatic carbocycles. The van der Waals surface area contributed by atoms with Crippen LogP contribution in [0.2, 0.25) is 0 Å². The van der Waals surface area contributed by atoms with Crippen molar-refractivity contribution < 1.29 is 9.53 Å². The number of hydrogen-bond acceptors (Lipinski definition) is 3. The molecule has 1 rings (SSSR count). The van der Waals surface area contributed by atoms with Crippen molar-refractivity contribution in [1.29, 1.82) is 0 Å². The quantitative estimate of drug-likeness (QED) is 0.739. The van der Waals surface area contributed by atoms with Crippen molar-refractivity contribution in [2.45, 2.75) is 13.5 Å². The first kappa shape index (κ1) is 10.7. The molecule has 1 N–H and O–H groups in total. The molecule has 0 atom stereocenters. The van der Waals surface area contributed by atoms with E-state index in [4.69, 9.17) is 0 Å². The summed E-state index contributed by atoms with van der Waals surface area (Å²) < 4.78 is 4.66. The molecule has 0 amide bonds. The number of carbonyl (C=O) groups excluding carboxylic acids is 1. The summed E-state index contributed by atoms with van der Waals surface area (Å²) in [6.45, 7) is 2.72. The van der Waals surface area contributed by atoms with Gasteiger partial charge in [0.2, 0.25) is 0 Å². The maximum absolute atomic E-state index is 11.3. The SMILES string of the molecule is CNCc1ccc(C(=O)OC)c(C)c1. The van der Waals surface area contributed by atoms with Gasteiger partial charge in [-0.15, -0.1) is 0 Å². The predicted octanol–water partition coefficient (Wildman–Crippen LogP) is 1.50. The van der Waals surface area contributed by atoms with E-state index in [1.165, 1.54) is 7.11 Å². The van der Waals surface area contributed by atoms with E-state index >= 15 is 0 Å². The Morgan fingerprint density at radius 1 is 1.50 bits per heavy atom. The van der Waals surface area contributed by atoms with E-state index in [9.17, 15) is 4.79 Å². The largest absolute Gasteiger partial charge is 0.465 e. The van der Waals surface area contributed by atoms with E-state index in [1.807, 2.05) is 26.1 Å². The summed E-state index contributed by atoms with van der Waals surface area (Å²) in [5.74, 6) is -0.279. The molecule has 3 heteroatoms. The van der Waals surface area contributed by atoms with E-state index in [0.717, 1.165) is 17.7 Å². The second kappa shape index (κ2) is 4.77. The molecule has 0 unspecified atom stereocenters. The Balaban J connectivity index is 2.95. The van der Waals surface area contributed by atoms with E-state index in [0.29, 0.717) is 5.56 Å². The zero-order valence-electron chi connectivity index (χ0n) is 8.76. The molecule has 0 radical (unpaired) electrons. The Hall–Kier alpha value is -1.35. The number of benzene rings is 1. The third-order valence-electron chi connectivity index (χ3n) is 2.08. The molecule has 0 aromatic heterocycles. The normalized spacial score (nSPS) is 9.93. The number of rotatable bonds is 3. The van der Waals surface area contributed by atoms with Gasteiger partial charge in [-0.1, -0.05) is 12.1 Å². The molecular formula is C11H15NO2. The highest BCUT2D eigenvalue weighted by molar-refractivity contribution is 5.90. The summed E-state index contributed by atoms with van der Waals surface area (Å²) in [7, 11) is 3.28. The summed E-state index contributed by atoms with van der Waals surface area (Å²) in [6, 6.07) is 5.71. The van der Waals surface area contributed by atoms with Gasteiger partial charge in [0.15, 0.2) is 0 Å². The van der Waals surface area contributed by atoms with E-state index < -0.39 is 0 Å². The standard InChI is InChI=1S/C11H15NO2/c1-8-6-9(7-12-2)4-5-10(8)11(13)14-3/h4-6,12H,7H2,1-3H3. The Labute approximate surface area is 84.1 Å². The monoisotopic (exact) mass is 193 g/mol. The fraction of sp³-hybridized carbons (Fsp3) is 0.364. The Morgan fingerprint density at radius 2 is 2.21 bits per heavy atom. The van der Waals surface area contributed by atoms with Crippen molar-refractivity contribution in [1.82, 2.24) is 5.32 Å². The van der Waals surface area contributed by atoms with Gasteiger partial charge >= 0.3 is 5.97 Å². The van der Waals surface area contributed by atoms with Gasteiger partial charge in [-0.2, -0.15) is 0 Å². The zero-order chi connectivity index (χ0) is 10.6. The molecular weight excluding hydrogens is 178 g/mol. The van der Waals surface area contributed by atoms with Crippen LogP contribution in [0, 0.1) is 6.92 Å². The first-order valence-corrected chi connectivity index (χ1v) is 4.51. The molecule has 0 aliphatic rings. The van der Waals surface area contributed by atoms with Gasteiger partial charge in [0, 0.05) is 6.54 Å². The molecule has 0 spiro atoms. The second-order valence-electron chi connectivity index (χ2n) is 3.17. The lowest BCUT2D eigenvalue weighted by Crippen LogP contribution is -2.08. The summed E-state index contributed by atoms with van der Waals surface area (Å²) >= 11 is 0. The topological polar surface area (TPSA) is 38.3 Å². The molecule has 0 saturated heterocycles. The molecule has 0 heterocycles. The molecule has 0 bridgehead atoms. The van der Waals surface area contributed by atoms with Crippen LogP contribution >= 0.6 is 0 Å². The number of carbonyl (C=O) groups is 1. The van der Waals surface area contributed by atoms with Crippen molar-refractivity contribution >= 4 is 5.97 Å².